The highest BCUT2D eigenvalue weighted by molar-refractivity contribution is 7.88. The lowest BCUT2D eigenvalue weighted by Gasteiger charge is -2.34. The Bertz CT molecular complexity index is 381. The van der Waals surface area contributed by atoms with Gasteiger partial charge in [-0.1, -0.05) is 32.4 Å². The van der Waals surface area contributed by atoms with E-state index in [1.807, 2.05) is 27.7 Å². The van der Waals surface area contributed by atoms with Crippen LogP contribution in [0.2, 0.25) is 0 Å². The zero-order valence-corrected chi connectivity index (χ0v) is 13.3. The van der Waals surface area contributed by atoms with Crippen molar-refractivity contribution >= 4 is 10.0 Å². The molecule has 102 valence electrons. The molecule has 0 spiro atoms. The average molecular weight is 261 g/mol. The van der Waals surface area contributed by atoms with Crippen molar-refractivity contribution in [2.45, 2.75) is 54.0 Å². The molecule has 0 aliphatic heterocycles. The molecule has 0 aliphatic carbocycles. The second kappa shape index (κ2) is 5.11. The van der Waals surface area contributed by atoms with Gasteiger partial charge in [-0.25, -0.2) is 8.42 Å². The summed E-state index contributed by atoms with van der Waals surface area (Å²) in [6, 6.07) is 0. The van der Waals surface area contributed by atoms with Crippen LogP contribution in [-0.4, -0.2) is 31.1 Å². The first-order valence-electron chi connectivity index (χ1n) is 5.89. The Morgan fingerprint density at radius 3 is 1.76 bits per heavy atom. The topological polar surface area (TPSA) is 37.4 Å². The molecule has 17 heavy (non-hydrogen) atoms. The van der Waals surface area contributed by atoms with Gasteiger partial charge in [0, 0.05) is 12.1 Å². The lowest BCUT2D eigenvalue weighted by molar-refractivity contribution is 0.266. The van der Waals surface area contributed by atoms with Crippen molar-refractivity contribution in [1.29, 1.82) is 0 Å². The average Bonchev–Trinajstić information content (AvgIpc) is 1.91. The third kappa shape index (κ3) is 6.84. The third-order valence-corrected chi connectivity index (χ3v) is 3.70. The molecule has 0 bridgehead atoms. The number of sulfonamides is 1. The molecular formula is C13H27NO2S. The summed E-state index contributed by atoms with van der Waals surface area (Å²) < 4.78 is 25.1. The predicted molar refractivity (Wildman–Crippen MR) is 74.5 cm³/mol. The van der Waals surface area contributed by atoms with Crippen LogP contribution in [0.15, 0.2) is 11.6 Å². The van der Waals surface area contributed by atoms with Gasteiger partial charge in [0.15, 0.2) is 0 Å². The molecule has 3 nitrogen and oxygen atoms in total. The number of hydrogen-bond donors (Lipinski definition) is 0. The molecule has 0 aromatic rings. The van der Waals surface area contributed by atoms with Crippen LogP contribution in [0.5, 0.6) is 0 Å². The van der Waals surface area contributed by atoms with Gasteiger partial charge in [0.25, 0.3) is 0 Å². The minimum atomic E-state index is -3.18. The van der Waals surface area contributed by atoms with E-state index in [-0.39, 0.29) is 11.0 Å². The number of rotatable bonds is 3. The van der Waals surface area contributed by atoms with Gasteiger partial charge in [-0.15, -0.1) is 0 Å². The first-order valence-corrected chi connectivity index (χ1v) is 7.74. The fourth-order valence-corrected chi connectivity index (χ4v) is 3.30. The Morgan fingerprint density at radius 1 is 1.12 bits per heavy atom. The fraction of sp³-hybridized carbons (Fsp3) is 0.846. The summed E-state index contributed by atoms with van der Waals surface area (Å²) in [5, 5.41) is 0. The van der Waals surface area contributed by atoms with Gasteiger partial charge in [-0.2, -0.15) is 4.31 Å². The fourth-order valence-electron chi connectivity index (χ4n) is 1.86. The molecule has 0 rings (SSSR count). The summed E-state index contributed by atoms with van der Waals surface area (Å²) in [6.45, 7) is 14.5. The molecule has 0 amide bonds. The largest absolute Gasteiger partial charge is 0.212 e. The van der Waals surface area contributed by atoms with Crippen molar-refractivity contribution in [3.8, 4) is 0 Å². The predicted octanol–water partition coefficient (Wildman–Crippen LogP) is 3.04. The maximum absolute atomic E-state index is 11.8. The molecule has 0 aromatic carbocycles. The normalized spacial score (nSPS) is 15.5. The van der Waals surface area contributed by atoms with Crippen molar-refractivity contribution in [2.75, 3.05) is 12.8 Å². The van der Waals surface area contributed by atoms with E-state index in [1.54, 1.807) is 0 Å². The van der Waals surface area contributed by atoms with Crippen LogP contribution in [0.4, 0.5) is 0 Å². The Morgan fingerprint density at radius 2 is 1.53 bits per heavy atom. The minimum absolute atomic E-state index is 0.0745. The first kappa shape index (κ1) is 16.6. The molecule has 0 heterocycles. The van der Waals surface area contributed by atoms with Crippen LogP contribution in [-0.2, 0) is 10.0 Å². The minimum Gasteiger partial charge on any atom is -0.212 e. The van der Waals surface area contributed by atoms with E-state index in [2.05, 4.69) is 26.8 Å². The maximum atomic E-state index is 11.8. The Balaban J connectivity index is 5.13. The second-order valence-electron chi connectivity index (χ2n) is 6.80. The molecule has 4 heteroatoms. The molecular weight excluding hydrogens is 234 g/mol. The molecule has 0 saturated heterocycles. The zero-order chi connectivity index (χ0) is 14.1. The van der Waals surface area contributed by atoms with Crippen LogP contribution >= 0.6 is 0 Å². The van der Waals surface area contributed by atoms with Gasteiger partial charge in [0.05, 0.1) is 6.26 Å². The van der Waals surface area contributed by atoms with Crippen LogP contribution in [0.25, 0.3) is 0 Å². The van der Waals surface area contributed by atoms with Gasteiger partial charge < -0.3 is 0 Å². The SMILES string of the molecule is C/C(=C/C(C)(C)C)CN(C(C)(C)C)S(C)(=O)=O. The third-order valence-electron chi connectivity index (χ3n) is 2.22. The highest BCUT2D eigenvalue weighted by Crippen LogP contribution is 2.22. The summed E-state index contributed by atoms with van der Waals surface area (Å²) >= 11 is 0. The first-order chi connectivity index (χ1) is 7.23. The standard InChI is InChI=1S/C13H27NO2S/c1-11(9-12(2,3)4)10-14(13(5,6)7)17(8,15)16/h9H,10H2,1-8H3/b11-9-. The molecule has 0 unspecified atom stereocenters. The van der Waals surface area contributed by atoms with Crippen molar-refractivity contribution in [3.05, 3.63) is 11.6 Å². The van der Waals surface area contributed by atoms with Crippen molar-refractivity contribution in [1.82, 2.24) is 4.31 Å². The van der Waals surface area contributed by atoms with Gasteiger partial charge in [-0.05, 0) is 33.1 Å². The summed E-state index contributed by atoms with van der Waals surface area (Å²) in [5.41, 5.74) is 0.768. The summed E-state index contributed by atoms with van der Waals surface area (Å²) in [4.78, 5) is 0. The van der Waals surface area contributed by atoms with E-state index in [0.717, 1.165) is 5.57 Å². The quantitative estimate of drug-likeness (QED) is 0.732. The summed E-state index contributed by atoms with van der Waals surface area (Å²) in [5.74, 6) is 0. The smallest absolute Gasteiger partial charge is 0.211 e. The van der Waals surface area contributed by atoms with E-state index in [0.29, 0.717) is 6.54 Å². The van der Waals surface area contributed by atoms with Crippen molar-refractivity contribution in [3.63, 3.8) is 0 Å². The summed E-state index contributed by atoms with van der Waals surface area (Å²) in [6.07, 6.45) is 3.39. The van der Waals surface area contributed by atoms with E-state index in [9.17, 15) is 8.42 Å². The van der Waals surface area contributed by atoms with Gasteiger partial charge >= 0.3 is 0 Å². The maximum Gasteiger partial charge on any atom is 0.211 e. The van der Waals surface area contributed by atoms with E-state index >= 15 is 0 Å². The lowest BCUT2D eigenvalue weighted by atomic mass is 9.93. The van der Waals surface area contributed by atoms with Crippen LogP contribution in [0, 0.1) is 5.41 Å². The highest BCUT2D eigenvalue weighted by atomic mass is 32.2. The molecule has 0 aromatic heterocycles. The van der Waals surface area contributed by atoms with Gasteiger partial charge in [0.2, 0.25) is 10.0 Å². The lowest BCUT2D eigenvalue weighted by Crippen LogP contribution is -2.45. The Hall–Kier alpha value is -0.350. The number of allylic oxidation sites excluding steroid dienone is 1. The van der Waals surface area contributed by atoms with Crippen molar-refractivity contribution < 1.29 is 8.42 Å². The highest BCUT2D eigenvalue weighted by Gasteiger charge is 2.29. The summed E-state index contributed by atoms with van der Waals surface area (Å²) in [7, 11) is -3.18. The molecule has 0 aliphatic rings. The van der Waals surface area contributed by atoms with Crippen LogP contribution in [0.1, 0.15) is 48.5 Å². The van der Waals surface area contributed by atoms with Gasteiger partial charge in [-0.3, -0.25) is 0 Å². The molecule has 0 N–H and O–H groups in total. The monoisotopic (exact) mass is 261 g/mol. The number of hydrogen-bond acceptors (Lipinski definition) is 2. The molecule has 0 radical (unpaired) electrons. The second-order valence-corrected chi connectivity index (χ2v) is 8.70. The van der Waals surface area contributed by atoms with Crippen LogP contribution in [0.3, 0.4) is 0 Å². The zero-order valence-electron chi connectivity index (χ0n) is 12.5. The Labute approximate surface area is 107 Å². The van der Waals surface area contributed by atoms with Crippen molar-refractivity contribution in [2.24, 2.45) is 5.41 Å². The van der Waals surface area contributed by atoms with E-state index < -0.39 is 10.0 Å². The molecule has 0 fully saturated rings. The van der Waals surface area contributed by atoms with E-state index in [1.165, 1.54) is 10.6 Å². The Kier molecular flexibility index (Phi) is 5.00. The number of nitrogens with zero attached hydrogens (tertiary/aromatic N) is 1. The molecule has 0 atom stereocenters. The van der Waals surface area contributed by atoms with Gasteiger partial charge in [0.1, 0.15) is 0 Å². The molecule has 0 saturated carbocycles. The van der Waals surface area contributed by atoms with E-state index in [4.69, 9.17) is 0 Å². The van der Waals surface area contributed by atoms with Crippen LogP contribution < -0.4 is 0 Å².